The molecular formula is C12H15N3O3S2. The molecule has 1 fully saturated rings. The van der Waals surface area contributed by atoms with E-state index in [1.54, 1.807) is 23.7 Å². The van der Waals surface area contributed by atoms with Gasteiger partial charge in [0.1, 0.15) is 16.1 Å². The number of ether oxygens (including phenoxy) is 1. The van der Waals surface area contributed by atoms with Gasteiger partial charge < -0.3 is 9.72 Å². The smallest absolute Gasteiger partial charge is 0.252 e. The van der Waals surface area contributed by atoms with E-state index in [1.807, 2.05) is 6.92 Å². The summed E-state index contributed by atoms with van der Waals surface area (Å²) in [4.78, 5) is 7.32. The van der Waals surface area contributed by atoms with Crippen LogP contribution in [0.5, 0.6) is 0 Å². The van der Waals surface area contributed by atoms with Gasteiger partial charge in [-0.2, -0.15) is 4.31 Å². The largest absolute Gasteiger partial charge is 0.368 e. The van der Waals surface area contributed by atoms with E-state index in [0.29, 0.717) is 23.2 Å². The van der Waals surface area contributed by atoms with Crippen LogP contribution >= 0.6 is 11.3 Å². The molecule has 20 heavy (non-hydrogen) atoms. The van der Waals surface area contributed by atoms with Crippen molar-refractivity contribution in [2.75, 3.05) is 19.7 Å². The van der Waals surface area contributed by atoms with Crippen molar-refractivity contribution >= 4 is 21.4 Å². The van der Waals surface area contributed by atoms with Crippen molar-refractivity contribution in [3.63, 3.8) is 0 Å². The average Bonchev–Trinajstić information content (AvgIpc) is 3.10. The number of sulfonamides is 1. The number of imidazole rings is 1. The number of nitrogens with one attached hydrogen (secondary N) is 1. The first-order valence-electron chi connectivity index (χ1n) is 6.24. The molecule has 0 saturated carbocycles. The molecule has 2 aromatic rings. The van der Waals surface area contributed by atoms with Gasteiger partial charge in [0.15, 0.2) is 0 Å². The molecule has 0 bridgehead atoms. The first-order valence-corrected chi connectivity index (χ1v) is 8.56. The van der Waals surface area contributed by atoms with Gasteiger partial charge in [-0.05, 0) is 18.4 Å². The number of morpholine rings is 1. The molecular weight excluding hydrogens is 298 g/mol. The maximum absolute atomic E-state index is 12.5. The number of hydrogen-bond acceptors (Lipinski definition) is 5. The number of nitrogens with zero attached hydrogens (tertiary/aromatic N) is 2. The third-order valence-corrected chi connectivity index (χ3v) is 6.38. The summed E-state index contributed by atoms with van der Waals surface area (Å²) >= 11 is 1.23. The molecule has 1 saturated heterocycles. The SMILES string of the molecule is Cc1cnc([C@H]2CN(S(=O)(=O)c3cccs3)CCO2)[nH]1. The second-order valence-electron chi connectivity index (χ2n) is 4.61. The van der Waals surface area contributed by atoms with E-state index in [4.69, 9.17) is 4.74 Å². The Hall–Kier alpha value is -1.22. The van der Waals surface area contributed by atoms with Crippen LogP contribution in [0.4, 0.5) is 0 Å². The summed E-state index contributed by atoms with van der Waals surface area (Å²) in [7, 11) is -3.42. The minimum atomic E-state index is -3.42. The summed E-state index contributed by atoms with van der Waals surface area (Å²) in [6.07, 6.45) is 1.37. The monoisotopic (exact) mass is 313 g/mol. The summed E-state index contributed by atoms with van der Waals surface area (Å²) in [5.41, 5.74) is 0.932. The predicted octanol–water partition coefficient (Wildman–Crippen LogP) is 1.54. The van der Waals surface area contributed by atoms with Crippen molar-refractivity contribution in [2.24, 2.45) is 0 Å². The minimum Gasteiger partial charge on any atom is -0.368 e. The van der Waals surface area contributed by atoms with Gasteiger partial charge in [-0.25, -0.2) is 13.4 Å². The second-order valence-corrected chi connectivity index (χ2v) is 7.72. The Morgan fingerprint density at radius 3 is 3.05 bits per heavy atom. The van der Waals surface area contributed by atoms with Gasteiger partial charge in [0, 0.05) is 25.0 Å². The van der Waals surface area contributed by atoms with Gasteiger partial charge in [0.25, 0.3) is 10.0 Å². The Morgan fingerprint density at radius 1 is 1.55 bits per heavy atom. The summed E-state index contributed by atoms with van der Waals surface area (Å²) in [5.74, 6) is 0.675. The van der Waals surface area contributed by atoms with E-state index in [-0.39, 0.29) is 12.6 Å². The van der Waals surface area contributed by atoms with E-state index < -0.39 is 10.0 Å². The van der Waals surface area contributed by atoms with Gasteiger partial charge in [-0.3, -0.25) is 0 Å². The van der Waals surface area contributed by atoms with Crippen LogP contribution in [-0.2, 0) is 14.8 Å². The van der Waals surface area contributed by atoms with Crippen LogP contribution in [0, 0.1) is 6.92 Å². The maximum atomic E-state index is 12.5. The second kappa shape index (κ2) is 5.28. The zero-order valence-corrected chi connectivity index (χ0v) is 12.6. The Kier molecular flexibility index (Phi) is 3.63. The van der Waals surface area contributed by atoms with Crippen LogP contribution in [0.1, 0.15) is 17.6 Å². The fourth-order valence-electron chi connectivity index (χ4n) is 2.14. The van der Waals surface area contributed by atoms with Gasteiger partial charge >= 0.3 is 0 Å². The van der Waals surface area contributed by atoms with E-state index in [1.165, 1.54) is 15.6 Å². The van der Waals surface area contributed by atoms with Gasteiger partial charge in [-0.1, -0.05) is 6.07 Å². The Balaban J connectivity index is 1.82. The zero-order valence-electron chi connectivity index (χ0n) is 10.9. The van der Waals surface area contributed by atoms with Crippen LogP contribution in [0.2, 0.25) is 0 Å². The summed E-state index contributed by atoms with van der Waals surface area (Å²) in [6, 6.07) is 3.37. The topological polar surface area (TPSA) is 75.3 Å². The molecule has 3 heterocycles. The highest BCUT2D eigenvalue weighted by molar-refractivity contribution is 7.91. The Bertz CT molecular complexity index is 679. The third-order valence-electron chi connectivity index (χ3n) is 3.15. The van der Waals surface area contributed by atoms with E-state index in [2.05, 4.69) is 9.97 Å². The molecule has 8 heteroatoms. The Morgan fingerprint density at radius 2 is 2.40 bits per heavy atom. The normalized spacial score (nSPS) is 21.1. The molecule has 1 N–H and O–H groups in total. The van der Waals surface area contributed by atoms with E-state index >= 15 is 0 Å². The van der Waals surface area contributed by atoms with E-state index in [0.717, 1.165) is 5.69 Å². The standard InChI is InChI=1S/C12H15N3O3S2/c1-9-7-13-12(14-9)10-8-15(4-5-18-10)20(16,17)11-3-2-6-19-11/h2-3,6-7,10H,4-5,8H2,1H3,(H,13,14)/t10-/m1/s1. The van der Waals surface area contributed by atoms with Crippen LogP contribution < -0.4 is 0 Å². The number of thiophene rings is 1. The molecule has 3 rings (SSSR count). The lowest BCUT2D eigenvalue weighted by molar-refractivity contribution is -0.00705. The lowest BCUT2D eigenvalue weighted by Crippen LogP contribution is -2.42. The fraction of sp³-hybridized carbons (Fsp3) is 0.417. The molecule has 1 aliphatic heterocycles. The molecule has 0 radical (unpaired) electrons. The summed E-state index contributed by atoms with van der Waals surface area (Å²) in [5, 5.41) is 1.76. The molecule has 0 aromatic carbocycles. The number of aromatic nitrogens is 2. The summed E-state index contributed by atoms with van der Waals surface area (Å²) < 4.78 is 32.4. The minimum absolute atomic E-state index is 0.285. The number of aryl methyl sites for hydroxylation is 1. The highest BCUT2D eigenvalue weighted by atomic mass is 32.2. The Labute approximate surface area is 121 Å². The van der Waals surface area contributed by atoms with Crippen molar-refractivity contribution in [2.45, 2.75) is 17.2 Å². The zero-order chi connectivity index (χ0) is 14.2. The number of hydrogen-bond donors (Lipinski definition) is 1. The molecule has 6 nitrogen and oxygen atoms in total. The van der Waals surface area contributed by atoms with Crippen LogP contribution in [0.25, 0.3) is 0 Å². The number of rotatable bonds is 3. The average molecular weight is 313 g/mol. The maximum Gasteiger partial charge on any atom is 0.252 e. The van der Waals surface area contributed by atoms with Crippen LogP contribution in [0.15, 0.2) is 27.9 Å². The first-order chi connectivity index (χ1) is 9.57. The molecule has 2 aromatic heterocycles. The predicted molar refractivity (Wildman–Crippen MR) is 75.1 cm³/mol. The highest BCUT2D eigenvalue weighted by Gasteiger charge is 2.33. The van der Waals surface area contributed by atoms with E-state index in [9.17, 15) is 8.42 Å². The number of H-pyrrole nitrogens is 1. The van der Waals surface area contributed by atoms with Crippen LogP contribution in [0.3, 0.4) is 0 Å². The van der Waals surface area contributed by atoms with Gasteiger partial charge in [0.2, 0.25) is 0 Å². The van der Waals surface area contributed by atoms with Crippen molar-refractivity contribution in [3.8, 4) is 0 Å². The molecule has 0 aliphatic carbocycles. The molecule has 108 valence electrons. The lowest BCUT2D eigenvalue weighted by Gasteiger charge is -2.30. The van der Waals surface area contributed by atoms with Crippen molar-refractivity contribution in [1.82, 2.24) is 14.3 Å². The molecule has 0 amide bonds. The molecule has 0 spiro atoms. The first kappa shape index (κ1) is 13.7. The number of aromatic amines is 1. The van der Waals surface area contributed by atoms with Crippen molar-refractivity contribution in [1.29, 1.82) is 0 Å². The fourth-order valence-corrected chi connectivity index (χ4v) is 4.71. The quantitative estimate of drug-likeness (QED) is 0.932. The van der Waals surface area contributed by atoms with Gasteiger partial charge in [-0.15, -0.1) is 11.3 Å². The third kappa shape index (κ3) is 2.51. The lowest BCUT2D eigenvalue weighted by atomic mass is 10.3. The molecule has 0 unspecified atom stereocenters. The summed E-state index contributed by atoms with van der Waals surface area (Å²) in [6.45, 7) is 2.93. The van der Waals surface area contributed by atoms with Crippen molar-refractivity contribution < 1.29 is 13.2 Å². The molecule has 1 aliphatic rings. The highest BCUT2D eigenvalue weighted by Crippen LogP contribution is 2.26. The van der Waals surface area contributed by atoms with Gasteiger partial charge in [0.05, 0.1) is 6.61 Å². The van der Waals surface area contributed by atoms with Crippen LogP contribution in [-0.4, -0.2) is 42.4 Å². The van der Waals surface area contributed by atoms with Crippen molar-refractivity contribution in [3.05, 3.63) is 35.2 Å². The molecule has 1 atom stereocenters.